The summed E-state index contributed by atoms with van der Waals surface area (Å²) >= 11 is 0. The Labute approximate surface area is 160 Å². The van der Waals surface area contributed by atoms with Gasteiger partial charge in [-0.3, -0.25) is 4.79 Å². The SMILES string of the molecule is Cc1cc(NC(=O)c2ccc(COc3ccccc3)cc2)n(C(C)(C)C)n1. The van der Waals surface area contributed by atoms with Gasteiger partial charge in [0.05, 0.1) is 11.2 Å². The first-order valence-corrected chi connectivity index (χ1v) is 8.98. The number of hydrogen-bond acceptors (Lipinski definition) is 3. The van der Waals surface area contributed by atoms with E-state index in [1.165, 1.54) is 0 Å². The van der Waals surface area contributed by atoms with Crippen LogP contribution in [0.25, 0.3) is 0 Å². The van der Waals surface area contributed by atoms with Crippen LogP contribution < -0.4 is 10.1 Å². The number of carbonyl (C=O) groups is 1. The highest BCUT2D eigenvalue weighted by atomic mass is 16.5. The average Bonchev–Trinajstić information content (AvgIpc) is 3.02. The normalized spacial score (nSPS) is 11.3. The summed E-state index contributed by atoms with van der Waals surface area (Å²) in [6, 6.07) is 19.0. The zero-order chi connectivity index (χ0) is 19.4. The number of aromatic nitrogens is 2. The van der Waals surface area contributed by atoms with Crippen LogP contribution >= 0.6 is 0 Å². The zero-order valence-corrected chi connectivity index (χ0v) is 16.2. The van der Waals surface area contributed by atoms with Crippen molar-refractivity contribution >= 4 is 11.7 Å². The highest BCUT2D eigenvalue weighted by Gasteiger charge is 2.20. The number of nitrogens with zero attached hydrogens (tertiary/aromatic N) is 2. The molecule has 3 aromatic rings. The summed E-state index contributed by atoms with van der Waals surface area (Å²) in [7, 11) is 0. The number of amides is 1. The molecule has 1 aromatic heterocycles. The van der Waals surface area contributed by atoms with Gasteiger partial charge in [-0.25, -0.2) is 4.68 Å². The minimum absolute atomic E-state index is 0.157. The third kappa shape index (κ3) is 4.76. The van der Waals surface area contributed by atoms with Gasteiger partial charge in [-0.15, -0.1) is 0 Å². The molecule has 1 N–H and O–H groups in total. The number of nitrogens with one attached hydrogen (secondary N) is 1. The van der Waals surface area contributed by atoms with Gasteiger partial charge < -0.3 is 10.1 Å². The van der Waals surface area contributed by atoms with E-state index >= 15 is 0 Å². The summed E-state index contributed by atoms with van der Waals surface area (Å²) < 4.78 is 7.57. The molecule has 0 atom stereocenters. The molecule has 1 amide bonds. The van der Waals surface area contributed by atoms with Gasteiger partial charge in [0.1, 0.15) is 18.2 Å². The lowest BCUT2D eigenvalue weighted by Crippen LogP contribution is -2.26. The highest BCUT2D eigenvalue weighted by molar-refractivity contribution is 6.03. The number of ether oxygens (including phenoxy) is 1. The van der Waals surface area contributed by atoms with Crippen LogP contribution in [0.2, 0.25) is 0 Å². The lowest BCUT2D eigenvalue weighted by Gasteiger charge is -2.22. The van der Waals surface area contributed by atoms with Gasteiger partial charge in [0.15, 0.2) is 0 Å². The Morgan fingerprint density at radius 1 is 1.07 bits per heavy atom. The Balaban J connectivity index is 1.66. The minimum Gasteiger partial charge on any atom is -0.489 e. The maximum atomic E-state index is 12.6. The summed E-state index contributed by atoms with van der Waals surface area (Å²) in [5, 5.41) is 7.44. The molecule has 0 unspecified atom stereocenters. The lowest BCUT2D eigenvalue weighted by atomic mass is 10.1. The van der Waals surface area contributed by atoms with Gasteiger partial charge in [0.25, 0.3) is 5.91 Å². The molecule has 0 saturated heterocycles. The fraction of sp³-hybridized carbons (Fsp3) is 0.273. The van der Waals surface area contributed by atoms with Crippen LogP contribution in [0.5, 0.6) is 5.75 Å². The standard InChI is InChI=1S/C22H25N3O2/c1-16-14-20(25(24-16)22(2,3)4)23-21(26)18-12-10-17(11-13-18)15-27-19-8-6-5-7-9-19/h5-14H,15H2,1-4H3,(H,23,26). The molecule has 5 nitrogen and oxygen atoms in total. The van der Waals surface area contributed by atoms with Gasteiger partial charge >= 0.3 is 0 Å². The molecule has 0 aliphatic heterocycles. The molecule has 0 fully saturated rings. The van der Waals surface area contributed by atoms with E-state index in [0.717, 1.165) is 17.0 Å². The molecule has 0 spiro atoms. The van der Waals surface area contributed by atoms with Crippen molar-refractivity contribution in [3.8, 4) is 5.75 Å². The monoisotopic (exact) mass is 363 g/mol. The van der Waals surface area contributed by atoms with Gasteiger partial charge in [-0.1, -0.05) is 30.3 Å². The molecule has 0 aliphatic carbocycles. The second kappa shape index (κ2) is 7.66. The van der Waals surface area contributed by atoms with Gasteiger partial charge in [0.2, 0.25) is 0 Å². The smallest absolute Gasteiger partial charge is 0.256 e. The first-order valence-electron chi connectivity index (χ1n) is 8.98. The average molecular weight is 363 g/mol. The Hall–Kier alpha value is -3.08. The molecule has 0 bridgehead atoms. The van der Waals surface area contributed by atoms with Gasteiger partial charge in [0, 0.05) is 11.6 Å². The van der Waals surface area contributed by atoms with Crippen molar-refractivity contribution in [3.63, 3.8) is 0 Å². The van der Waals surface area contributed by atoms with E-state index in [1.807, 2.05) is 72.3 Å². The quantitative estimate of drug-likeness (QED) is 0.710. The topological polar surface area (TPSA) is 56.1 Å². The molecule has 0 radical (unpaired) electrons. The first-order chi connectivity index (χ1) is 12.8. The van der Waals surface area contributed by atoms with Crippen molar-refractivity contribution < 1.29 is 9.53 Å². The Kier molecular flexibility index (Phi) is 5.31. The molecule has 0 aliphatic rings. The third-order valence-electron chi connectivity index (χ3n) is 4.07. The number of rotatable bonds is 5. The molecule has 5 heteroatoms. The van der Waals surface area contributed by atoms with Crippen molar-refractivity contribution in [2.45, 2.75) is 39.8 Å². The van der Waals surface area contributed by atoms with Crippen molar-refractivity contribution in [1.29, 1.82) is 0 Å². The molecule has 2 aromatic carbocycles. The van der Waals surface area contributed by atoms with E-state index in [1.54, 1.807) is 0 Å². The van der Waals surface area contributed by atoms with E-state index < -0.39 is 0 Å². The molecular formula is C22H25N3O2. The number of anilines is 1. The van der Waals surface area contributed by atoms with Crippen LogP contribution in [-0.2, 0) is 12.1 Å². The number of carbonyl (C=O) groups excluding carboxylic acids is 1. The van der Waals surface area contributed by atoms with Crippen LogP contribution in [-0.4, -0.2) is 15.7 Å². The number of benzene rings is 2. The highest BCUT2D eigenvalue weighted by Crippen LogP contribution is 2.22. The van der Waals surface area contributed by atoms with Gasteiger partial charge in [-0.2, -0.15) is 5.10 Å². The predicted octanol–water partition coefficient (Wildman–Crippen LogP) is 4.78. The van der Waals surface area contributed by atoms with E-state index in [9.17, 15) is 4.79 Å². The van der Waals surface area contributed by atoms with Crippen LogP contribution in [0.1, 0.15) is 42.4 Å². The summed E-state index contributed by atoms with van der Waals surface area (Å²) in [4.78, 5) is 12.6. The third-order valence-corrected chi connectivity index (χ3v) is 4.07. The van der Waals surface area contributed by atoms with Crippen molar-refractivity contribution in [2.75, 3.05) is 5.32 Å². The minimum atomic E-state index is -0.213. The summed E-state index contributed by atoms with van der Waals surface area (Å²) in [6.07, 6.45) is 0. The van der Waals surface area contributed by atoms with Crippen LogP contribution in [0.4, 0.5) is 5.82 Å². The maximum Gasteiger partial charge on any atom is 0.256 e. The van der Waals surface area contributed by atoms with Crippen LogP contribution in [0, 0.1) is 6.92 Å². The van der Waals surface area contributed by atoms with Crippen LogP contribution in [0.3, 0.4) is 0 Å². The number of aryl methyl sites for hydroxylation is 1. The first kappa shape index (κ1) is 18.7. The fourth-order valence-electron chi connectivity index (χ4n) is 2.72. The van der Waals surface area contributed by atoms with Crippen molar-refractivity contribution in [2.24, 2.45) is 0 Å². The zero-order valence-electron chi connectivity index (χ0n) is 16.2. The van der Waals surface area contributed by atoms with Crippen molar-refractivity contribution in [1.82, 2.24) is 9.78 Å². The predicted molar refractivity (Wildman–Crippen MR) is 107 cm³/mol. The Morgan fingerprint density at radius 3 is 2.37 bits per heavy atom. The van der Waals surface area contributed by atoms with E-state index in [-0.39, 0.29) is 11.4 Å². The number of hydrogen-bond donors (Lipinski definition) is 1. The maximum absolute atomic E-state index is 12.6. The molecule has 1 heterocycles. The van der Waals surface area contributed by atoms with Crippen molar-refractivity contribution in [3.05, 3.63) is 77.5 Å². The Bertz CT molecular complexity index is 907. The summed E-state index contributed by atoms with van der Waals surface area (Å²) in [5.41, 5.74) is 2.26. The van der Waals surface area contributed by atoms with Gasteiger partial charge in [-0.05, 0) is 57.5 Å². The number of para-hydroxylation sites is 1. The second-order valence-electron chi connectivity index (χ2n) is 7.51. The van der Waals surface area contributed by atoms with E-state index in [0.29, 0.717) is 18.0 Å². The summed E-state index contributed by atoms with van der Waals surface area (Å²) in [5.74, 6) is 1.36. The molecule has 27 heavy (non-hydrogen) atoms. The second-order valence-corrected chi connectivity index (χ2v) is 7.51. The Morgan fingerprint density at radius 2 is 1.74 bits per heavy atom. The molecular weight excluding hydrogens is 338 g/mol. The molecule has 3 rings (SSSR count). The van der Waals surface area contributed by atoms with E-state index in [2.05, 4.69) is 31.2 Å². The fourth-order valence-corrected chi connectivity index (χ4v) is 2.72. The lowest BCUT2D eigenvalue weighted by molar-refractivity contribution is 0.102. The molecule has 140 valence electrons. The molecule has 0 saturated carbocycles. The summed E-state index contributed by atoms with van der Waals surface area (Å²) in [6.45, 7) is 8.53. The van der Waals surface area contributed by atoms with Crippen LogP contribution in [0.15, 0.2) is 60.7 Å². The largest absolute Gasteiger partial charge is 0.489 e. The van der Waals surface area contributed by atoms with E-state index in [4.69, 9.17) is 4.74 Å².